The number of hydrogen-bond acceptors (Lipinski definition) is 5. The predicted molar refractivity (Wildman–Crippen MR) is 64.8 cm³/mol. The van der Waals surface area contributed by atoms with Crippen molar-refractivity contribution in [1.29, 1.82) is 0 Å². The van der Waals surface area contributed by atoms with Gasteiger partial charge in [-0.2, -0.15) is 11.8 Å². The average molecular weight is 280 g/mol. The maximum Gasteiger partial charge on any atom is 0.313 e. The Bertz CT molecular complexity index is 424. The van der Waals surface area contributed by atoms with Crippen molar-refractivity contribution in [2.45, 2.75) is 24.9 Å². The molecule has 0 aliphatic carbocycles. The highest BCUT2D eigenvalue weighted by Crippen LogP contribution is 2.48. The number of hydrogen-bond donors (Lipinski definition) is 2. The number of carboxylic acid groups (broad SMARTS) is 1. The van der Waals surface area contributed by atoms with Gasteiger partial charge in [-0.25, -0.2) is 8.42 Å². The molecule has 0 saturated carbocycles. The van der Waals surface area contributed by atoms with Crippen molar-refractivity contribution in [2.24, 2.45) is 5.41 Å². The summed E-state index contributed by atoms with van der Waals surface area (Å²) in [6, 6.07) is 0. The van der Waals surface area contributed by atoms with Crippen molar-refractivity contribution in [2.75, 3.05) is 23.0 Å². The van der Waals surface area contributed by atoms with E-state index in [-0.39, 0.29) is 12.2 Å². The molecular weight excluding hydrogens is 264 g/mol. The Morgan fingerprint density at radius 3 is 2.41 bits per heavy atom. The van der Waals surface area contributed by atoms with Crippen LogP contribution in [0.5, 0.6) is 0 Å². The molecular formula is C10H16O5S2. The third-order valence-corrected chi connectivity index (χ3v) is 6.84. The normalized spacial score (nSPS) is 41.2. The monoisotopic (exact) mass is 280 g/mol. The third kappa shape index (κ3) is 2.08. The van der Waals surface area contributed by atoms with E-state index in [1.165, 1.54) is 11.8 Å². The number of aliphatic carboxylic acids is 1. The van der Waals surface area contributed by atoms with Gasteiger partial charge in [-0.05, 0) is 25.0 Å². The minimum absolute atomic E-state index is 0.0438. The Morgan fingerprint density at radius 2 is 2.00 bits per heavy atom. The molecule has 0 aromatic rings. The van der Waals surface area contributed by atoms with Gasteiger partial charge in [0, 0.05) is 5.75 Å². The van der Waals surface area contributed by atoms with Gasteiger partial charge in [0.25, 0.3) is 0 Å². The second-order valence-electron chi connectivity index (χ2n) is 4.92. The fourth-order valence-corrected chi connectivity index (χ4v) is 6.06. The first-order valence-corrected chi connectivity index (χ1v) is 8.53. The molecule has 2 saturated heterocycles. The molecule has 2 rings (SSSR count). The second kappa shape index (κ2) is 4.13. The lowest BCUT2D eigenvalue weighted by Crippen LogP contribution is -2.57. The fraction of sp³-hybridized carbons (Fsp3) is 0.900. The Balaban J connectivity index is 2.37. The van der Waals surface area contributed by atoms with Gasteiger partial charge in [-0.1, -0.05) is 0 Å². The summed E-state index contributed by atoms with van der Waals surface area (Å²) >= 11 is 1.48. The van der Waals surface area contributed by atoms with Crippen molar-refractivity contribution >= 4 is 27.6 Å². The lowest BCUT2D eigenvalue weighted by molar-refractivity contribution is -0.164. The molecule has 2 heterocycles. The van der Waals surface area contributed by atoms with E-state index in [9.17, 15) is 23.4 Å². The largest absolute Gasteiger partial charge is 0.481 e. The quantitative estimate of drug-likeness (QED) is 0.747. The van der Waals surface area contributed by atoms with Crippen LogP contribution < -0.4 is 0 Å². The number of sulfone groups is 1. The number of carboxylic acids is 1. The maximum absolute atomic E-state index is 11.5. The number of carbonyl (C=O) groups is 1. The molecule has 2 aliphatic heterocycles. The maximum atomic E-state index is 11.5. The van der Waals surface area contributed by atoms with Crippen LogP contribution in [0.3, 0.4) is 0 Å². The number of thioether (sulfide) groups is 1. The van der Waals surface area contributed by atoms with Crippen LogP contribution in [0.25, 0.3) is 0 Å². The predicted octanol–water partition coefficient (Wildman–Crippen LogP) is 0.134. The summed E-state index contributed by atoms with van der Waals surface area (Å²) in [5.41, 5.74) is -2.88. The zero-order valence-electron chi connectivity index (χ0n) is 9.39. The van der Waals surface area contributed by atoms with Crippen LogP contribution in [0.15, 0.2) is 0 Å². The topological polar surface area (TPSA) is 91.7 Å². The Hall–Kier alpha value is -0.270. The van der Waals surface area contributed by atoms with E-state index in [1.807, 2.05) is 0 Å². The first-order chi connectivity index (χ1) is 7.81. The van der Waals surface area contributed by atoms with Crippen LogP contribution in [0.1, 0.15) is 19.3 Å². The summed E-state index contributed by atoms with van der Waals surface area (Å²) in [6.07, 6.45) is 1.11. The Morgan fingerprint density at radius 1 is 1.29 bits per heavy atom. The van der Waals surface area contributed by atoms with Crippen molar-refractivity contribution in [3.05, 3.63) is 0 Å². The second-order valence-corrected chi connectivity index (χ2v) is 8.21. The molecule has 7 heteroatoms. The van der Waals surface area contributed by atoms with Gasteiger partial charge >= 0.3 is 5.97 Å². The lowest BCUT2D eigenvalue weighted by atomic mass is 9.69. The molecule has 5 nitrogen and oxygen atoms in total. The Labute approximate surface area is 105 Å². The number of aliphatic hydroxyl groups is 1. The van der Waals surface area contributed by atoms with Crippen LogP contribution in [0.4, 0.5) is 0 Å². The van der Waals surface area contributed by atoms with E-state index >= 15 is 0 Å². The molecule has 98 valence electrons. The van der Waals surface area contributed by atoms with Gasteiger partial charge in [0.05, 0.1) is 17.1 Å². The van der Waals surface area contributed by atoms with E-state index in [1.54, 1.807) is 0 Å². The molecule has 0 radical (unpaired) electrons. The first-order valence-electron chi connectivity index (χ1n) is 5.55. The zero-order valence-corrected chi connectivity index (χ0v) is 11.0. The molecule has 0 bridgehead atoms. The van der Waals surface area contributed by atoms with Crippen molar-refractivity contribution < 1.29 is 23.4 Å². The standard InChI is InChI=1S/C10H16O5S2/c11-8(12)9(2-1-4-16-6-9)10(13)3-5-17(14,15)7-10/h13H,1-7H2,(H,11,12). The van der Waals surface area contributed by atoms with Crippen molar-refractivity contribution in [1.82, 2.24) is 0 Å². The molecule has 0 amide bonds. The van der Waals surface area contributed by atoms with E-state index < -0.39 is 32.6 Å². The lowest BCUT2D eigenvalue weighted by Gasteiger charge is -2.43. The van der Waals surface area contributed by atoms with E-state index in [2.05, 4.69) is 0 Å². The highest BCUT2D eigenvalue weighted by Gasteiger charge is 2.60. The Kier molecular flexibility index (Phi) is 3.20. The van der Waals surface area contributed by atoms with Crippen LogP contribution in [-0.4, -0.2) is 53.2 Å². The van der Waals surface area contributed by atoms with Crippen LogP contribution >= 0.6 is 11.8 Å². The summed E-state index contributed by atoms with van der Waals surface area (Å²) in [6.45, 7) is 0. The summed E-state index contributed by atoms with van der Waals surface area (Å²) in [5, 5.41) is 19.9. The molecule has 2 N–H and O–H groups in total. The summed E-state index contributed by atoms with van der Waals surface area (Å²) in [4.78, 5) is 11.5. The SMILES string of the molecule is O=C(O)C1(C2(O)CCS(=O)(=O)C2)CCCSC1. The van der Waals surface area contributed by atoms with E-state index in [4.69, 9.17) is 0 Å². The first kappa shape index (κ1) is 13.2. The summed E-state index contributed by atoms with van der Waals surface area (Å²) in [7, 11) is -3.30. The van der Waals surface area contributed by atoms with Gasteiger partial charge in [0.15, 0.2) is 9.84 Å². The molecule has 0 aromatic heterocycles. The van der Waals surface area contributed by atoms with Crippen molar-refractivity contribution in [3.63, 3.8) is 0 Å². The molecule has 2 atom stereocenters. The molecule has 17 heavy (non-hydrogen) atoms. The zero-order chi connectivity index (χ0) is 12.7. The molecule has 2 unspecified atom stereocenters. The van der Waals surface area contributed by atoms with Gasteiger partial charge in [-0.15, -0.1) is 0 Å². The van der Waals surface area contributed by atoms with Crippen LogP contribution in [0, 0.1) is 5.41 Å². The third-order valence-electron chi connectivity index (χ3n) is 3.83. The van der Waals surface area contributed by atoms with E-state index in [0.29, 0.717) is 18.6 Å². The van der Waals surface area contributed by atoms with Crippen molar-refractivity contribution in [3.8, 4) is 0 Å². The van der Waals surface area contributed by atoms with Gasteiger partial charge in [0.1, 0.15) is 5.41 Å². The molecule has 0 aromatic carbocycles. The smallest absolute Gasteiger partial charge is 0.313 e. The summed E-state index contributed by atoms with van der Waals surface area (Å²) in [5.74, 6) is -0.410. The van der Waals surface area contributed by atoms with Crippen LogP contribution in [0.2, 0.25) is 0 Å². The fourth-order valence-electron chi connectivity index (χ4n) is 2.74. The molecule has 2 aliphatic rings. The minimum atomic E-state index is -3.30. The molecule has 0 spiro atoms. The highest BCUT2D eigenvalue weighted by atomic mass is 32.2. The van der Waals surface area contributed by atoms with Gasteiger partial charge in [-0.3, -0.25) is 4.79 Å². The van der Waals surface area contributed by atoms with Crippen LogP contribution in [-0.2, 0) is 14.6 Å². The minimum Gasteiger partial charge on any atom is -0.481 e. The summed E-state index contributed by atoms with van der Waals surface area (Å²) < 4.78 is 23.0. The number of rotatable bonds is 2. The van der Waals surface area contributed by atoms with Gasteiger partial charge < -0.3 is 10.2 Å². The van der Waals surface area contributed by atoms with Gasteiger partial charge in [0.2, 0.25) is 0 Å². The average Bonchev–Trinajstić information content (AvgIpc) is 2.55. The highest BCUT2D eigenvalue weighted by molar-refractivity contribution is 7.99. The molecule has 2 fully saturated rings. The van der Waals surface area contributed by atoms with E-state index in [0.717, 1.165) is 5.75 Å².